The van der Waals surface area contributed by atoms with Crippen LogP contribution in [0.4, 0.5) is 5.82 Å². The Kier molecular flexibility index (Phi) is 5.30. The summed E-state index contributed by atoms with van der Waals surface area (Å²) < 4.78 is 5.26. The van der Waals surface area contributed by atoms with Gasteiger partial charge >= 0.3 is 0 Å². The van der Waals surface area contributed by atoms with Crippen molar-refractivity contribution in [3.8, 4) is 0 Å². The number of thiophene rings is 1. The van der Waals surface area contributed by atoms with Gasteiger partial charge in [0.15, 0.2) is 0 Å². The molecule has 3 heterocycles. The highest BCUT2D eigenvalue weighted by Crippen LogP contribution is 2.34. The van der Waals surface area contributed by atoms with Crippen molar-refractivity contribution in [3.63, 3.8) is 0 Å². The second kappa shape index (κ2) is 7.44. The predicted octanol–water partition coefficient (Wildman–Crippen LogP) is 3.07. The molecule has 1 saturated heterocycles. The number of nitrogens with zero attached hydrogens (tertiary/aromatic N) is 3. The van der Waals surface area contributed by atoms with Crippen molar-refractivity contribution in [2.45, 2.75) is 39.2 Å². The minimum atomic E-state index is 0.128. The number of hydrogen-bond acceptors (Lipinski definition) is 6. The molecule has 3 rings (SSSR count). The van der Waals surface area contributed by atoms with E-state index in [2.05, 4.69) is 22.2 Å². The molecule has 1 aliphatic heterocycles. The largest absolute Gasteiger partial charge is 0.383 e. The lowest BCUT2D eigenvalue weighted by Gasteiger charge is -2.17. The number of nitrogens with one attached hydrogen (secondary N) is 1. The Morgan fingerprint density at radius 3 is 2.83 bits per heavy atom. The molecule has 6 nitrogen and oxygen atoms in total. The molecule has 2 aromatic heterocycles. The molecule has 2 aromatic rings. The van der Waals surface area contributed by atoms with Crippen LogP contribution < -0.4 is 5.32 Å². The molecule has 1 aliphatic rings. The van der Waals surface area contributed by atoms with E-state index >= 15 is 0 Å². The van der Waals surface area contributed by atoms with E-state index in [1.54, 1.807) is 13.4 Å². The van der Waals surface area contributed by atoms with Crippen LogP contribution >= 0.6 is 11.3 Å². The van der Waals surface area contributed by atoms with Gasteiger partial charge in [-0.25, -0.2) is 9.97 Å². The third-order valence-corrected chi connectivity index (χ3v) is 5.70. The number of ether oxygens (including phenoxy) is 1. The number of rotatable bonds is 6. The van der Waals surface area contributed by atoms with Gasteiger partial charge < -0.3 is 15.0 Å². The summed E-state index contributed by atoms with van der Waals surface area (Å²) in [5, 5.41) is 4.40. The highest BCUT2D eigenvalue weighted by molar-refractivity contribution is 7.20. The molecule has 0 unspecified atom stereocenters. The van der Waals surface area contributed by atoms with Crippen LogP contribution in [0.25, 0.3) is 10.2 Å². The zero-order chi connectivity index (χ0) is 17.1. The molecule has 130 valence electrons. The number of carbonyl (C=O) groups is 1. The number of hydrogen-bond donors (Lipinski definition) is 1. The normalized spacial score (nSPS) is 15.9. The third-order valence-electron chi connectivity index (χ3n) is 4.52. The Labute approximate surface area is 146 Å². The van der Waals surface area contributed by atoms with Crippen LogP contribution in [0.2, 0.25) is 0 Å². The molecule has 24 heavy (non-hydrogen) atoms. The molecule has 0 aliphatic carbocycles. The summed E-state index contributed by atoms with van der Waals surface area (Å²) in [6, 6.07) is 0.185. The van der Waals surface area contributed by atoms with Crippen LogP contribution in [0.3, 0.4) is 0 Å². The third kappa shape index (κ3) is 3.23. The van der Waals surface area contributed by atoms with Gasteiger partial charge in [0.2, 0.25) is 0 Å². The average molecular weight is 348 g/mol. The van der Waals surface area contributed by atoms with Crippen LogP contribution in [0.1, 0.15) is 41.4 Å². The van der Waals surface area contributed by atoms with E-state index in [1.165, 1.54) is 11.3 Å². The first-order chi connectivity index (χ1) is 11.7. The summed E-state index contributed by atoms with van der Waals surface area (Å²) >= 11 is 1.47. The number of methoxy groups -OCH3 is 1. The van der Waals surface area contributed by atoms with Crippen LogP contribution in [0.5, 0.6) is 0 Å². The lowest BCUT2D eigenvalue weighted by molar-refractivity contribution is 0.0797. The SMILES string of the molecule is CC[C@@H](COC)Nc1ncnc2sc(C(=O)N3CCCC3)c(C)c12. The first-order valence-electron chi connectivity index (χ1n) is 8.44. The summed E-state index contributed by atoms with van der Waals surface area (Å²) in [5.74, 6) is 0.918. The molecule has 1 N–H and O–H groups in total. The topological polar surface area (TPSA) is 67.3 Å². The molecule has 1 fully saturated rings. The molecule has 0 aromatic carbocycles. The highest BCUT2D eigenvalue weighted by atomic mass is 32.1. The lowest BCUT2D eigenvalue weighted by atomic mass is 10.1. The standard InChI is InChI=1S/C17H24N4O2S/c1-4-12(9-23-3)20-15-13-11(2)14(24-16(13)19-10-18-15)17(22)21-7-5-6-8-21/h10,12H,4-9H2,1-3H3,(H,18,19,20)/t12-/m0/s1. The summed E-state index contributed by atoms with van der Waals surface area (Å²) in [6.07, 6.45) is 4.68. The van der Waals surface area contributed by atoms with Gasteiger partial charge in [0.1, 0.15) is 17.0 Å². The second-order valence-electron chi connectivity index (χ2n) is 6.16. The van der Waals surface area contributed by atoms with E-state index in [9.17, 15) is 4.79 Å². The highest BCUT2D eigenvalue weighted by Gasteiger charge is 2.25. The van der Waals surface area contributed by atoms with Crippen LogP contribution in [0, 0.1) is 6.92 Å². The van der Waals surface area contributed by atoms with Crippen LogP contribution in [-0.2, 0) is 4.74 Å². The van der Waals surface area contributed by atoms with Gasteiger partial charge in [0.25, 0.3) is 5.91 Å². The predicted molar refractivity (Wildman–Crippen MR) is 96.9 cm³/mol. The van der Waals surface area contributed by atoms with Gasteiger partial charge in [-0.05, 0) is 31.7 Å². The smallest absolute Gasteiger partial charge is 0.264 e. The summed E-state index contributed by atoms with van der Waals surface area (Å²) in [6.45, 7) is 6.43. The Hall–Kier alpha value is -1.73. The number of amides is 1. The number of aromatic nitrogens is 2. The number of anilines is 1. The zero-order valence-electron chi connectivity index (χ0n) is 14.5. The minimum Gasteiger partial charge on any atom is -0.383 e. The number of fused-ring (bicyclic) bond motifs is 1. The maximum atomic E-state index is 12.8. The zero-order valence-corrected chi connectivity index (χ0v) is 15.3. The minimum absolute atomic E-state index is 0.128. The van der Waals surface area contributed by atoms with E-state index in [1.807, 2.05) is 11.8 Å². The van der Waals surface area contributed by atoms with E-state index in [-0.39, 0.29) is 11.9 Å². The molecular formula is C17H24N4O2S. The van der Waals surface area contributed by atoms with Crippen molar-refractivity contribution in [2.75, 3.05) is 32.1 Å². The van der Waals surface area contributed by atoms with Crippen LogP contribution in [0.15, 0.2) is 6.33 Å². The number of aryl methyl sites for hydroxylation is 1. The number of likely N-dealkylation sites (tertiary alicyclic amines) is 1. The first kappa shape index (κ1) is 17.1. The Balaban J connectivity index is 1.95. The van der Waals surface area contributed by atoms with Crippen molar-refractivity contribution in [2.24, 2.45) is 0 Å². The van der Waals surface area contributed by atoms with Crippen molar-refractivity contribution >= 4 is 33.3 Å². The summed E-state index contributed by atoms with van der Waals surface area (Å²) in [4.78, 5) is 25.2. The molecular weight excluding hydrogens is 324 g/mol. The Bertz CT molecular complexity index is 725. The molecule has 0 spiro atoms. The molecule has 7 heteroatoms. The Morgan fingerprint density at radius 1 is 1.42 bits per heavy atom. The fraction of sp³-hybridized carbons (Fsp3) is 0.588. The van der Waals surface area contributed by atoms with Crippen molar-refractivity contribution < 1.29 is 9.53 Å². The molecule has 0 radical (unpaired) electrons. The number of carbonyl (C=O) groups excluding carboxylic acids is 1. The van der Waals surface area contributed by atoms with Gasteiger partial charge in [0.05, 0.1) is 22.9 Å². The van der Waals surface area contributed by atoms with Crippen molar-refractivity contribution in [1.29, 1.82) is 0 Å². The van der Waals surface area contributed by atoms with E-state index < -0.39 is 0 Å². The van der Waals surface area contributed by atoms with Gasteiger partial charge in [-0.1, -0.05) is 6.92 Å². The monoisotopic (exact) mass is 348 g/mol. The summed E-state index contributed by atoms with van der Waals surface area (Å²) in [7, 11) is 1.70. The summed E-state index contributed by atoms with van der Waals surface area (Å²) in [5.41, 5.74) is 0.974. The second-order valence-corrected chi connectivity index (χ2v) is 7.16. The fourth-order valence-electron chi connectivity index (χ4n) is 3.10. The van der Waals surface area contributed by atoms with Crippen LogP contribution in [-0.4, -0.2) is 53.6 Å². The lowest BCUT2D eigenvalue weighted by Crippen LogP contribution is -2.27. The van der Waals surface area contributed by atoms with Gasteiger partial charge in [-0.3, -0.25) is 4.79 Å². The first-order valence-corrected chi connectivity index (χ1v) is 9.26. The maximum absolute atomic E-state index is 12.8. The molecule has 1 amide bonds. The van der Waals surface area contributed by atoms with Crippen molar-refractivity contribution in [1.82, 2.24) is 14.9 Å². The van der Waals surface area contributed by atoms with E-state index in [0.717, 1.165) is 58.8 Å². The fourth-order valence-corrected chi connectivity index (χ4v) is 4.22. The Morgan fingerprint density at radius 2 is 2.17 bits per heavy atom. The van der Waals surface area contributed by atoms with Crippen molar-refractivity contribution in [3.05, 3.63) is 16.8 Å². The van der Waals surface area contributed by atoms with Gasteiger partial charge in [-0.15, -0.1) is 11.3 Å². The van der Waals surface area contributed by atoms with Gasteiger partial charge in [0, 0.05) is 20.2 Å². The average Bonchev–Trinajstić information content (AvgIpc) is 3.23. The van der Waals surface area contributed by atoms with Gasteiger partial charge in [-0.2, -0.15) is 0 Å². The quantitative estimate of drug-likeness (QED) is 0.869. The maximum Gasteiger partial charge on any atom is 0.264 e. The molecule has 0 saturated carbocycles. The van der Waals surface area contributed by atoms with E-state index in [0.29, 0.717) is 6.61 Å². The van der Waals surface area contributed by atoms with E-state index in [4.69, 9.17) is 4.74 Å². The molecule has 1 atom stereocenters. The molecule has 0 bridgehead atoms.